The van der Waals surface area contributed by atoms with Gasteiger partial charge in [-0.1, -0.05) is 13.3 Å². The molecule has 1 rings (SSSR count). The Morgan fingerprint density at radius 1 is 1.64 bits per heavy atom. The third kappa shape index (κ3) is 3.28. The molecule has 0 spiro atoms. The summed E-state index contributed by atoms with van der Waals surface area (Å²) < 4.78 is 0. The molecule has 0 saturated heterocycles. The minimum Gasteiger partial charge on any atom is -0.348 e. The van der Waals surface area contributed by atoms with Crippen LogP contribution in [-0.4, -0.2) is 37.0 Å². The lowest BCUT2D eigenvalue weighted by Gasteiger charge is -2.13. The van der Waals surface area contributed by atoms with Crippen LogP contribution >= 0.6 is 0 Å². The van der Waals surface area contributed by atoms with Gasteiger partial charge in [0.05, 0.1) is 19.3 Å². The van der Waals surface area contributed by atoms with Crippen molar-refractivity contribution in [3.63, 3.8) is 0 Å². The van der Waals surface area contributed by atoms with Gasteiger partial charge in [0.25, 0.3) is 5.91 Å². The van der Waals surface area contributed by atoms with E-state index in [-0.39, 0.29) is 11.9 Å². The normalized spacial score (nSPS) is 17.4. The fraction of sp³-hybridized carbons (Fsp3) is 0.700. The number of hydrogen-bond donors (Lipinski definition) is 1. The van der Waals surface area contributed by atoms with Gasteiger partial charge >= 0.3 is 0 Å². The van der Waals surface area contributed by atoms with Gasteiger partial charge in [-0.15, -0.1) is 0 Å². The molecule has 1 N–H and O–H groups in total. The second kappa shape index (κ2) is 5.52. The van der Waals surface area contributed by atoms with Crippen LogP contribution < -0.4 is 5.32 Å². The summed E-state index contributed by atoms with van der Waals surface area (Å²) in [6.45, 7) is 5.42. The first-order chi connectivity index (χ1) is 6.74. The Morgan fingerprint density at radius 2 is 2.43 bits per heavy atom. The molecule has 14 heavy (non-hydrogen) atoms. The van der Waals surface area contributed by atoms with Crippen molar-refractivity contribution in [1.29, 1.82) is 0 Å². The summed E-state index contributed by atoms with van der Waals surface area (Å²) in [4.78, 5) is 19.7. The van der Waals surface area contributed by atoms with E-state index in [0.29, 0.717) is 18.8 Å². The molecular weight excluding hydrogens is 178 g/mol. The monoisotopic (exact) mass is 195 g/mol. The first kappa shape index (κ1) is 10.9. The Kier molecular flexibility index (Phi) is 4.29. The fourth-order valence-corrected chi connectivity index (χ4v) is 1.35. The molecule has 4 nitrogen and oxygen atoms in total. The highest BCUT2D eigenvalue weighted by molar-refractivity contribution is 6.60. The number of amides is 1. The molecule has 0 fully saturated rings. The molecule has 1 heterocycles. The van der Waals surface area contributed by atoms with Crippen LogP contribution in [0.25, 0.3) is 0 Å². The van der Waals surface area contributed by atoms with Gasteiger partial charge in [-0.2, -0.15) is 0 Å². The Bertz CT molecular complexity index is 258. The standard InChI is InChI=1S/C10H17N3O/c1-3-4-8(2)13-10(14)9-7-11-5-6-12-9/h7-8H,3-6H2,1-2H3,(H,13,14). The van der Waals surface area contributed by atoms with Gasteiger partial charge in [-0.3, -0.25) is 14.8 Å². The van der Waals surface area contributed by atoms with E-state index in [9.17, 15) is 4.79 Å². The summed E-state index contributed by atoms with van der Waals surface area (Å²) in [6.07, 6.45) is 3.62. The highest BCUT2D eigenvalue weighted by Gasteiger charge is 2.12. The third-order valence-corrected chi connectivity index (χ3v) is 2.06. The molecule has 1 aliphatic rings. The first-order valence-electron chi connectivity index (χ1n) is 5.09. The third-order valence-electron chi connectivity index (χ3n) is 2.06. The predicted octanol–water partition coefficient (Wildman–Crippen LogP) is 0.817. The number of rotatable bonds is 4. The van der Waals surface area contributed by atoms with Gasteiger partial charge in [0, 0.05) is 6.04 Å². The van der Waals surface area contributed by atoms with E-state index >= 15 is 0 Å². The highest BCUT2D eigenvalue weighted by Crippen LogP contribution is 1.95. The summed E-state index contributed by atoms with van der Waals surface area (Å²) in [5.74, 6) is -0.102. The van der Waals surface area contributed by atoms with E-state index in [1.807, 2.05) is 6.92 Å². The summed E-state index contributed by atoms with van der Waals surface area (Å²) in [7, 11) is 0. The molecule has 1 amide bonds. The smallest absolute Gasteiger partial charge is 0.271 e. The van der Waals surface area contributed by atoms with Crippen molar-refractivity contribution < 1.29 is 4.79 Å². The van der Waals surface area contributed by atoms with Crippen LogP contribution in [0, 0.1) is 0 Å². The van der Waals surface area contributed by atoms with Crippen molar-refractivity contribution >= 4 is 17.8 Å². The maximum absolute atomic E-state index is 11.6. The minimum atomic E-state index is -0.102. The Hall–Kier alpha value is -1.19. The average molecular weight is 195 g/mol. The SMILES string of the molecule is CCCC(C)NC(=O)C1=NCCN=C1. The van der Waals surface area contributed by atoms with Crippen LogP contribution in [-0.2, 0) is 4.79 Å². The van der Waals surface area contributed by atoms with Crippen LogP contribution in [0.2, 0.25) is 0 Å². The zero-order chi connectivity index (χ0) is 10.4. The lowest BCUT2D eigenvalue weighted by atomic mass is 10.2. The van der Waals surface area contributed by atoms with Crippen molar-refractivity contribution in [2.45, 2.75) is 32.7 Å². The molecule has 1 unspecified atom stereocenters. The molecule has 4 heteroatoms. The second-order valence-electron chi connectivity index (χ2n) is 3.47. The Morgan fingerprint density at radius 3 is 3.00 bits per heavy atom. The van der Waals surface area contributed by atoms with Crippen LogP contribution in [0.3, 0.4) is 0 Å². The van der Waals surface area contributed by atoms with Crippen molar-refractivity contribution in [1.82, 2.24) is 5.32 Å². The van der Waals surface area contributed by atoms with Gasteiger partial charge in [0.2, 0.25) is 0 Å². The average Bonchev–Trinajstić information content (AvgIpc) is 2.19. The molecule has 0 aliphatic carbocycles. The molecule has 78 valence electrons. The van der Waals surface area contributed by atoms with Crippen molar-refractivity contribution in [2.75, 3.05) is 13.1 Å². The molecule has 0 radical (unpaired) electrons. The van der Waals surface area contributed by atoms with E-state index in [4.69, 9.17) is 0 Å². The van der Waals surface area contributed by atoms with E-state index in [1.54, 1.807) is 6.21 Å². The van der Waals surface area contributed by atoms with Crippen LogP contribution in [0.15, 0.2) is 9.98 Å². The largest absolute Gasteiger partial charge is 0.348 e. The van der Waals surface area contributed by atoms with Crippen molar-refractivity contribution in [3.8, 4) is 0 Å². The summed E-state index contributed by atoms with van der Waals surface area (Å²) in [5, 5.41) is 2.89. The van der Waals surface area contributed by atoms with Gasteiger partial charge in [0.1, 0.15) is 5.71 Å². The quantitative estimate of drug-likeness (QED) is 0.709. The van der Waals surface area contributed by atoms with E-state index in [0.717, 1.165) is 12.8 Å². The maximum atomic E-state index is 11.6. The fourth-order valence-electron chi connectivity index (χ4n) is 1.35. The number of hydrogen-bond acceptors (Lipinski definition) is 3. The summed E-state index contributed by atoms with van der Waals surface area (Å²) in [5.41, 5.74) is 0.458. The number of carbonyl (C=O) groups excluding carboxylic acids is 1. The topological polar surface area (TPSA) is 53.8 Å². The lowest BCUT2D eigenvalue weighted by Crippen LogP contribution is -2.39. The molecule has 1 aliphatic heterocycles. The Labute approximate surface area is 84.5 Å². The molecule has 0 aromatic heterocycles. The molecule has 0 saturated carbocycles. The van der Waals surface area contributed by atoms with Crippen molar-refractivity contribution in [2.24, 2.45) is 9.98 Å². The molecule has 0 aromatic carbocycles. The van der Waals surface area contributed by atoms with Crippen LogP contribution in [0.4, 0.5) is 0 Å². The van der Waals surface area contributed by atoms with E-state index < -0.39 is 0 Å². The number of nitrogens with one attached hydrogen (secondary N) is 1. The summed E-state index contributed by atoms with van der Waals surface area (Å²) >= 11 is 0. The van der Waals surface area contributed by atoms with Gasteiger partial charge in [0.15, 0.2) is 0 Å². The maximum Gasteiger partial charge on any atom is 0.271 e. The lowest BCUT2D eigenvalue weighted by molar-refractivity contribution is -0.115. The summed E-state index contributed by atoms with van der Waals surface area (Å²) in [6, 6.07) is 0.213. The van der Waals surface area contributed by atoms with Gasteiger partial charge in [-0.05, 0) is 13.3 Å². The van der Waals surface area contributed by atoms with Gasteiger partial charge in [-0.25, -0.2) is 0 Å². The first-order valence-corrected chi connectivity index (χ1v) is 5.09. The second-order valence-corrected chi connectivity index (χ2v) is 3.47. The Balaban J connectivity index is 2.41. The molecule has 0 aromatic rings. The molecule has 1 atom stereocenters. The zero-order valence-corrected chi connectivity index (χ0v) is 8.79. The molecule has 0 bridgehead atoms. The van der Waals surface area contributed by atoms with Gasteiger partial charge < -0.3 is 5.32 Å². The van der Waals surface area contributed by atoms with E-state index in [1.165, 1.54) is 0 Å². The minimum absolute atomic E-state index is 0.102. The predicted molar refractivity (Wildman–Crippen MR) is 58.2 cm³/mol. The van der Waals surface area contributed by atoms with Crippen LogP contribution in [0.1, 0.15) is 26.7 Å². The number of aliphatic imine (C=N–C) groups is 2. The highest BCUT2D eigenvalue weighted by atomic mass is 16.1. The number of nitrogens with zero attached hydrogens (tertiary/aromatic N) is 2. The van der Waals surface area contributed by atoms with Crippen molar-refractivity contribution in [3.05, 3.63) is 0 Å². The van der Waals surface area contributed by atoms with E-state index in [2.05, 4.69) is 22.2 Å². The van der Waals surface area contributed by atoms with Crippen LogP contribution in [0.5, 0.6) is 0 Å². The number of carbonyl (C=O) groups is 1. The zero-order valence-electron chi connectivity index (χ0n) is 8.79. The molecular formula is C10H17N3O.